The zero-order chi connectivity index (χ0) is 14.8. The van der Waals surface area contributed by atoms with Crippen LogP contribution in [0.2, 0.25) is 0 Å². The number of carbonyl (C=O) groups excluding carboxylic acids is 1. The second-order valence-corrected chi connectivity index (χ2v) is 5.92. The van der Waals surface area contributed by atoms with E-state index in [4.69, 9.17) is 4.74 Å². The third-order valence-electron chi connectivity index (χ3n) is 3.68. The highest BCUT2D eigenvalue weighted by Gasteiger charge is 2.27. The summed E-state index contributed by atoms with van der Waals surface area (Å²) in [6.07, 6.45) is 0.316. The largest absolute Gasteiger partial charge is 0.363 e. The van der Waals surface area contributed by atoms with Crippen LogP contribution in [0.3, 0.4) is 0 Å². The molecule has 1 heterocycles. The highest BCUT2D eigenvalue weighted by atomic mass is 79.9. The Hall–Kier alpha value is -1.65. The summed E-state index contributed by atoms with van der Waals surface area (Å²) in [6, 6.07) is 13.7. The van der Waals surface area contributed by atoms with E-state index in [1.807, 2.05) is 43.3 Å². The van der Waals surface area contributed by atoms with Crippen LogP contribution in [0.25, 0.3) is 0 Å². The van der Waals surface area contributed by atoms with Gasteiger partial charge in [-0.3, -0.25) is 4.79 Å². The maximum Gasteiger partial charge on any atom is 0.258 e. The Labute approximate surface area is 132 Å². The van der Waals surface area contributed by atoms with Crippen LogP contribution in [-0.4, -0.2) is 12.5 Å². The lowest BCUT2D eigenvalue weighted by Gasteiger charge is -2.25. The van der Waals surface area contributed by atoms with Crippen LogP contribution < -0.4 is 5.32 Å². The van der Waals surface area contributed by atoms with Gasteiger partial charge in [0.2, 0.25) is 0 Å². The molecule has 0 spiro atoms. The van der Waals surface area contributed by atoms with Crippen molar-refractivity contribution in [3.63, 3.8) is 0 Å². The molecule has 0 radical (unpaired) electrons. The zero-order valence-corrected chi connectivity index (χ0v) is 13.3. The Balaban J connectivity index is 1.85. The van der Waals surface area contributed by atoms with E-state index >= 15 is 0 Å². The molecule has 4 heteroatoms. The average molecular weight is 346 g/mol. The molecule has 1 aliphatic rings. The summed E-state index contributed by atoms with van der Waals surface area (Å²) >= 11 is 3.51. The molecule has 21 heavy (non-hydrogen) atoms. The quantitative estimate of drug-likeness (QED) is 0.892. The Bertz CT molecular complexity index is 684. The van der Waals surface area contributed by atoms with E-state index in [-0.39, 0.29) is 5.91 Å². The van der Waals surface area contributed by atoms with Crippen LogP contribution in [-0.2, 0) is 16.0 Å². The summed E-state index contributed by atoms with van der Waals surface area (Å²) in [5.41, 5.74) is 4.00. The number of anilines is 1. The fourth-order valence-electron chi connectivity index (χ4n) is 2.55. The van der Waals surface area contributed by atoms with Crippen molar-refractivity contribution in [1.29, 1.82) is 0 Å². The van der Waals surface area contributed by atoms with E-state index in [1.165, 1.54) is 5.56 Å². The van der Waals surface area contributed by atoms with E-state index in [0.717, 1.165) is 27.7 Å². The molecule has 1 atom stereocenters. The molecule has 1 N–H and O–H groups in total. The lowest BCUT2D eigenvalue weighted by Crippen LogP contribution is -2.28. The normalized spacial score (nSPS) is 17.1. The van der Waals surface area contributed by atoms with Crippen molar-refractivity contribution in [2.45, 2.75) is 19.4 Å². The summed E-state index contributed by atoms with van der Waals surface area (Å²) in [5, 5.41) is 2.95. The molecule has 0 saturated heterocycles. The number of amides is 1. The van der Waals surface area contributed by atoms with E-state index < -0.39 is 6.10 Å². The van der Waals surface area contributed by atoms with Crippen LogP contribution in [0.4, 0.5) is 5.69 Å². The van der Waals surface area contributed by atoms with Crippen molar-refractivity contribution >= 4 is 27.5 Å². The SMILES string of the molecule is Cc1cccc(NC(=O)C2OCCc3ccccc32)c1Br. The lowest BCUT2D eigenvalue weighted by atomic mass is 9.97. The third kappa shape index (κ3) is 2.87. The fourth-order valence-corrected chi connectivity index (χ4v) is 2.92. The predicted octanol–water partition coefficient (Wildman–Crippen LogP) is 4.01. The smallest absolute Gasteiger partial charge is 0.258 e. The van der Waals surface area contributed by atoms with Gasteiger partial charge in [-0.25, -0.2) is 0 Å². The van der Waals surface area contributed by atoms with Gasteiger partial charge in [-0.05, 0) is 52.0 Å². The molecular weight excluding hydrogens is 330 g/mol. The van der Waals surface area contributed by atoms with E-state index in [0.29, 0.717) is 6.61 Å². The van der Waals surface area contributed by atoms with E-state index in [9.17, 15) is 4.79 Å². The molecule has 1 aliphatic heterocycles. The van der Waals surface area contributed by atoms with Gasteiger partial charge < -0.3 is 10.1 Å². The average Bonchev–Trinajstić information content (AvgIpc) is 2.51. The maximum absolute atomic E-state index is 12.5. The molecule has 3 nitrogen and oxygen atoms in total. The van der Waals surface area contributed by atoms with E-state index in [2.05, 4.69) is 27.3 Å². The Morgan fingerprint density at radius 3 is 2.90 bits per heavy atom. The first kappa shape index (κ1) is 14.3. The van der Waals surface area contributed by atoms with E-state index in [1.54, 1.807) is 0 Å². The summed E-state index contributed by atoms with van der Waals surface area (Å²) in [5.74, 6) is -0.131. The molecule has 2 aromatic rings. The number of halogens is 1. The standard InChI is InChI=1S/C17H16BrNO2/c1-11-5-4-8-14(15(11)18)19-17(20)16-13-7-3-2-6-12(13)9-10-21-16/h2-8,16H,9-10H2,1H3,(H,19,20). The molecule has 108 valence electrons. The van der Waals surface area contributed by atoms with Crippen LogP contribution in [0.15, 0.2) is 46.9 Å². The van der Waals surface area contributed by atoms with Crippen molar-refractivity contribution in [3.05, 3.63) is 63.6 Å². The number of carbonyl (C=O) groups is 1. The van der Waals surface area contributed by atoms with Crippen molar-refractivity contribution < 1.29 is 9.53 Å². The van der Waals surface area contributed by atoms with Crippen molar-refractivity contribution in [3.8, 4) is 0 Å². The number of aryl methyl sites for hydroxylation is 1. The minimum Gasteiger partial charge on any atom is -0.363 e. The number of fused-ring (bicyclic) bond motifs is 1. The first-order valence-electron chi connectivity index (χ1n) is 6.92. The van der Waals surface area contributed by atoms with Crippen molar-refractivity contribution in [1.82, 2.24) is 0 Å². The summed E-state index contributed by atoms with van der Waals surface area (Å²) in [6.45, 7) is 2.57. The second kappa shape index (κ2) is 6.00. The van der Waals surface area contributed by atoms with Crippen LogP contribution in [0.5, 0.6) is 0 Å². The maximum atomic E-state index is 12.5. The van der Waals surface area contributed by atoms with Gasteiger partial charge in [0.15, 0.2) is 6.10 Å². The second-order valence-electron chi connectivity index (χ2n) is 5.13. The van der Waals surface area contributed by atoms with Gasteiger partial charge in [0, 0.05) is 4.47 Å². The van der Waals surface area contributed by atoms with Gasteiger partial charge >= 0.3 is 0 Å². The molecule has 1 amide bonds. The topological polar surface area (TPSA) is 38.3 Å². The number of ether oxygens (including phenoxy) is 1. The summed E-state index contributed by atoms with van der Waals surface area (Å²) in [7, 11) is 0. The zero-order valence-electron chi connectivity index (χ0n) is 11.7. The Morgan fingerprint density at radius 1 is 1.24 bits per heavy atom. The van der Waals surface area contributed by atoms with Gasteiger partial charge in [0.05, 0.1) is 12.3 Å². The number of benzene rings is 2. The predicted molar refractivity (Wildman–Crippen MR) is 86.3 cm³/mol. The molecule has 0 fully saturated rings. The minimum atomic E-state index is -0.539. The van der Waals surface area contributed by atoms with Gasteiger partial charge in [-0.2, -0.15) is 0 Å². The highest BCUT2D eigenvalue weighted by molar-refractivity contribution is 9.10. The molecule has 0 bridgehead atoms. The summed E-state index contributed by atoms with van der Waals surface area (Å²) < 4.78 is 6.59. The van der Waals surface area contributed by atoms with Gasteiger partial charge in [-0.15, -0.1) is 0 Å². The molecule has 0 aromatic heterocycles. The van der Waals surface area contributed by atoms with Crippen LogP contribution in [0, 0.1) is 6.92 Å². The van der Waals surface area contributed by atoms with Gasteiger partial charge in [-0.1, -0.05) is 36.4 Å². The molecule has 0 saturated carbocycles. The lowest BCUT2D eigenvalue weighted by molar-refractivity contribution is -0.128. The monoisotopic (exact) mass is 345 g/mol. The van der Waals surface area contributed by atoms with Gasteiger partial charge in [0.1, 0.15) is 0 Å². The number of hydrogen-bond acceptors (Lipinski definition) is 2. The molecule has 2 aromatic carbocycles. The van der Waals surface area contributed by atoms with Gasteiger partial charge in [0.25, 0.3) is 5.91 Å². The number of rotatable bonds is 2. The molecular formula is C17H16BrNO2. The highest BCUT2D eigenvalue weighted by Crippen LogP contribution is 2.30. The molecule has 0 aliphatic carbocycles. The first-order valence-corrected chi connectivity index (χ1v) is 7.71. The molecule has 1 unspecified atom stereocenters. The summed E-state index contributed by atoms with van der Waals surface area (Å²) in [4.78, 5) is 12.5. The number of hydrogen-bond donors (Lipinski definition) is 1. The van der Waals surface area contributed by atoms with Crippen LogP contribution in [0.1, 0.15) is 22.8 Å². The minimum absolute atomic E-state index is 0.131. The first-order chi connectivity index (χ1) is 10.2. The van der Waals surface area contributed by atoms with Crippen LogP contribution >= 0.6 is 15.9 Å². The van der Waals surface area contributed by atoms with Crippen molar-refractivity contribution in [2.75, 3.05) is 11.9 Å². The van der Waals surface area contributed by atoms with Crippen molar-refractivity contribution in [2.24, 2.45) is 0 Å². The number of nitrogens with one attached hydrogen (secondary N) is 1. The Kier molecular flexibility index (Phi) is 4.08. The Morgan fingerprint density at radius 2 is 2.05 bits per heavy atom. The third-order valence-corrected chi connectivity index (χ3v) is 4.73. The molecule has 3 rings (SSSR count). The fraction of sp³-hybridized carbons (Fsp3) is 0.235.